The highest BCUT2D eigenvalue weighted by Gasteiger charge is 2.12. The molecular formula is C10H26N2. The maximum Gasteiger partial charge on any atom is 0.0569 e. The fraction of sp³-hybridized carbons (Fsp3) is 1.00. The van der Waals surface area contributed by atoms with Crippen molar-refractivity contribution in [2.24, 2.45) is 5.73 Å². The zero-order chi connectivity index (χ0) is 9.98. The predicted octanol–water partition coefficient (Wildman–Crippen LogP) is 2.44. The summed E-state index contributed by atoms with van der Waals surface area (Å²) in [4.78, 5) is 2.21. The van der Waals surface area contributed by atoms with Gasteiger partial charge in [0, 0.05) is 0 Å². The molecule has 0 bridgehead atoms. The molecule has 1 heterocycles. The van der Waals surface area contributed by atoms with Crippen molar-refractivity contribution in [3.63, 3.8) is 0 Å². The molecule has 12 heavy (non-hydrogen) atoms. The van der Waals surface area contributed by atoms with Crippen molar-refractivity contribution in [1.29, 1.82) is 0 Å². The Hall–Kier alpha value is -0.0800. The Morgan fingerprint density at radius 3 is 1.83 bits per heavy atom. The lowest BCUT2D eigenvalue weighted by Crippen LogP contribution is -2.42. The number of rotatable bonds is 0. The summed E-state index contributed by atoms with van der Waals surface area (Å²) in [6.07, 6.45) is 4.15. The minimum Gasteiger partial charge on any atom is -0.316 e. The zero-order valence-corrected chi connectivity index (χ0v) is 9.43. The number of nitrogens with zero attached hydrogens (tertiary/aromatic N) is 1. The average molecular weight is 174 g/mol. The van der Waals surface area contributed by atoms with Crippen LogP contribution in [0.4, 0.5) is 0 Å². The molecule has 1 saturated heterocycles. The van der Waals surface area contributed by atoms with Gasteiger partial charge in [-0.1, -0.05) is 27.7 Å². The smallest absolute Gasteiger partial charge is 0.0569 e. The Bertz CT molecular complexity index is 64.2. The Morgan fingerprint density at radius 1 is 1.08 bits per heavy atom. The van der Waals surface area contributed by atoms with E-state index in [0.717, 1.165) is 0 Å². The van der Waals surface area contributed by atoms with Crippen LogP contribution in [-0.2, 0) is 0 Å². The molecule has 1 atom stereocenters. The molecule has 0 spiro atoms. The van der Waals surface area contributed by atoms with Crippen LogP contribution in [0, 0.1) is 0 Å². The van der Waals surface area contributed by atoms with Gasteiger partial charge in [0.05, 0.1) is 6.17 Å². The Morgan fingerprint density at radius 2 is 1.58 bits per heavy atom. The minimum absolute atomic E-state index is 0.337. The molecule has 1 rings (SSSR count). The van der Waals surface area contributed by atoms with E-state index in [1.165, 1.54) is 25.8 Å². The molecule has 2 nitrogen and oxygen atoms in total. The fourth-order valence-corrected chi connectivity index (χ4v) is 1.10. The second-order valence-corrected chi connectivity index (χ2v) is 2.54. The van der Waals surface area contributed by atoms with Gasteiger partial charge in [-0.15, -0.1) is 0 Å². The van der Waals surface area contributed by atoms with Crippen LogP contribution in [0.15, 0.2) is 0 Å². The second-order valence-electron chi connectivity index (χ2n) is 2.54. The fourth-order valence-electron chi connectivity index (χ4n) is 1.10. The lowest BCUT2D eigenvalue weighted by Gasteiger charge is -2.28. The zero-order valence-electron chi connectivity index (χ0n) is 9.43. The molecule has 1 aliphatic rings. The van der Waals surface area contributed by atoms with Crippen LogP contribution in [-0.4, -0.2) is 24.7 Å². The molecule has 0 aromatic heterocycles. The van der Waals surface area contributed by atoms with Gasteiger partial charge >= 0.3 is 0 Å². The summed E-state index contributed by atoms with van der Waals surface area (Å²) in [5.41, 5.74) is 5.70. The molecule has 0 saturated carbocycles. The van der Waals surface area contributed by atoms with Crippen LogP contribution in [0.25, 0.3) is 0 Å². The van der Waals surface area contributed by atoms with E-state index in [0.29, 0.717) is 6.17 Å². The first-order chi connectivity index (χ1) is 5.80. The van der Waals surface area contributed by atoms with Crippen molar-refractivity contribution in [2.45, 2.75) is 53.1 Å². The minimum atomic E-state index is 0.337. The summed E-state index contributed by atoms with van der Waals surface area (Å²) >= 11 is 0. The standard InChI is InChI=1S/C6H14N2.2C2H6/c1-8-5-3-2-4-6(8)7;2*1-2/h6H,2-5,7H2,1H3;2*1-2H3. The van der Waals surface area contributed by atoms with E-state index in [1.807, 2.05) is 27.7 Å². The van der Waals surface area contributed by atoms with E-state index in [9.17, 15) is 0 Å². The molecule has 0 aromatic rings. The normalized spacial score (nSPS) is 23.0. The number of hydrogen-bond acceptors (Lipinski definition) is 2. The highest BCUT2D eigenvalue weighted by atomic mass is 15.2. The van der Waals surface area contributed by atoms with E-state index in [4.69, 9.17) is 5.73 Å². The van der Waals surface area contributed by atoms with Crippen LogP contribution in [0.3, 0.4) is 0 Å². The van der Waals surface area contributed by atoms with Gasteiger partial charge < -0.3 is 5.73 Å². The predicted molar refractivity (Wildman–Crippen MR) is 57.2 cm³/mol. The topological polar surface area (TPSA) is 29.3 Å². The van der Waals surface area contributed by atoms with Gasteiger partial charge in [0.25, 0.3) is 0 Å². The molecule has 0 aliphatic carbocycles. The lowest BCUT2D eigenvalue weighted by molar-refractivity contribution is 0.190. The highest BCUT2D eigenvalue weighted by Crippen LogP contribution is 2.09. The summed E-state index contributed by atoms with van der Waals surface area (Å²) in [5.74, 6) is 0. The van der Waals surface area contributed by atoms with E-state index in [-0.39, 0.29) is 0 Å². The molecule has 0 amide bonds. The Balaban J connectivity index is 0. The maximum absolute atomic E-state index is 5.70. The monoisotopic (exact) mass is 174 g/mol. The second kappa shape index (κ2) is 10.9. The van der Waals surface area contributed by atoms with Gasteiger partial charge in [-0.05, 0) is 32.9 Å². The van der Waals surface area contributed by atoms with Gasteiger partial charge in [-0.2, -0.15) is 0 Å². The lowest BCUT2D eigenvalue weighted by atomic mass is 10.1. The van der Waals surface area contributed by atoms with E-state index < -0.39 is 0 Å². The maximum atomic E-state index is 5.70. The summed E-state index contributed by atoms with van der Waals surface area (Å²) in [7, 11) is 2.09. The number of nitrogens with two attached hydrogens (primary N) is 1. The van der Waals surface area contributed by atoms with Crippen molar-refractivity contribution in [1.82, 2.24) is 4.90 Å². The SMILES string of the molecule is CC.CC.CN1CCCCC1N. The average Bonchev–Trinajstić information content (AvgIpc) is 2.17. The quantitative estimate of drug-likeness (QED) is 0.611. The van der Waals surface area contributed by atoms with Gasteiger partial charge in [-0.25, -0.2) is 0 Å². The molecule has 0 aromatic carbocycles. The number of likely N-dealkylation sites (tertiary alicyclic amines) is 1. The highest BCUT2D eigenvalue weighted by molar-refractivity contribution is 4.67. The third kappa shape index (κ3) is 6.62. The van der Waals surface area contributed by atoms with Crippen LogP contribution in [0.2, 0.25) is 0 Å². The van der Waals surface area contributed by atoms with Crippen LogP contribution >= 0.6 is 0 Å². The van der Waals surface area contributed by atoms with Crippen molar-refractivity contribution in [3.05, 3.63) is 0 Å². The first kappa shape index (κ1) is 14.4. The van der Waals surface area contributed by atoms with E-state index >= 15 is 0 Å². The van der Waals surface area contributed by atoms with Crippen LogP contribution in [0.1, 0.15) is 47.0 Å². The summed E-state index contributed by atoms with van der Waals surface area (Å²) < 4.78 is 0. The summed E-state index contributed by atoms with van der Waals surface area (Å²) in [6, 6.07) is 0. The molecule has 1 aliphatic heterocycles. The molecule has 2 heteroatoms. The number of hydrogen-bond donors (Lipinski definition) is 1. The van der Waals surface area contributed by atoms with E-state index in [2.05, 4.69) is 11.9 Å². The first-order valence-electron chi connectivity index (χ1n) is 5.26. The molecule has 1 unspecified atom stereocenters. The van der Waals surface area contributed by atoms with Crippen LogP contribution < -0.4 is 5.73 Å². The van der Waals surface area contributed by atoms with Crippen molar-refractivity contribution >= 4 is 0 Å². The largest absolute Gasteiger partial charge is 0.316 e. The summed E-state index contributed by atoms with van der Waals surface area (Å²) in [6.45, 7) is 9.18. The Kier molecular flexibility index (Phi) is 13.1. The van der Waals surface area contributed by atoms with Gasteiger partial charge in [0.15, 0.2) is 0 Å². The molecule has 2 N–H and O–H groups in total. The van der Waals surface area contributed by atoms with Crippen LogP contribution in [0.5, 0.6) is 0 Å². The first-order valence-corrected chi connectivity index (χ1v) is 5.26. The third-order valence-corrected chi connectivity index (χ3v) is 1.83. The van der Waals surface area contributed by atoms with Gasteiger partial charge in [0.1, 0.15) is 0 Å². The molecule has 0 radical (unpaired) electrons. The van der Waals surface area contributed by atoms with Crippen molar-refractivity contribution < 1.29 is 0 Å². The van der Waals surface area contributed by atoms with Gasteiger partial charge in [0.2, 0.25) is 0 Å². The molecule has 76 valence electrons. The molecule has 1 fully saturated rings. The van der Waals surface area contributed by atoms with Crippen molar-refractivity contribution in [3.8, 4) is 0 Å². The van der Waals surface area contributed by atoms with E-state index in [1.54, 1.807) is 0 Å². The summed E-state index contributed by atoms with van der Waals surface area (Å²) in [5, 5.41) is 0. The van der Waals surface area contributed by atoms with Crippen molar-refractivity contribution in [2.75, 3.05) is 13.6 Å². The van der Waals surface area contributed by atoms with Gasteiger partial charge in [-0.3, -0.25) is 4.90 Å². The third-order valence-electron chi connectivity index (χ3n) is 1.83. The molecular weight excluding hydrogens is 148 g/mol. The Labute approximate surface area is 78.1 Å². The number of piperidine rings is 1.